The average molecular weight is 259 g/mol. The summed E-state index contributed by atoms with van der Waals surface area (Å²) in [4.78, 5) is 0. The molecule has 0 radical (unpaired) electrons. The molecule has 0 saturated carbocycles. The van der Waals surface area contributed by atoms with Gasteiger partial charge in [0.25, 0.3) is 0 Å². The van der Waals surface area contributed by atoms with Crippen molar-refractivity contribution in [3.05, 3.63) is 65.5 Å². The van der Waals surface area contributed by atoms with Gasteiger partial charge in [0.05, 0.1) is 7.11 Å². The fourth-order valence-corrected chi connectivity index (χ4v) is 1.95. The molecular formula is C16H18FNO. The van der Waals surface area contributed by atoms with Crippen LogP contribution in [0.5, 0.6) is 5.75 Å². The van der Waals surface area contributed by atoms with Gasteiger partial charge in [-0.05, 0) is 42.3 Å². The van der Waals surface area contributed by atoms with Crippen LogP contribution in [0.4, 0.5) is 4.39 Å². The minimum atomic E-state index is -0.201. The number of halogens is 1. The normalized spacial score (nSPS) is 12.2. The molecule has 0 aliphatic rings. The summed E-state index contributed by atoms with van der Waals surface area (Å²) in [6.07, 6.45) is 0. The summed E-state index contributed by atoms with van der Waals surface area (Å²) in [6, 6.07) is 14.7. The second-order valence-electron chi connectivity index (χ2n) is 4.51. The first-order valence-corrected chi connectivity index (χ1v) is 6.31. The van der Waals surface area contributed by atoms with Gasteiger partial charge in [0.15, 0.2) is 0 Å². The molecule has 0 fully saturated rings. The Bertz CT molecular complexity index is 542. The van der Waals surface area contributed by atoms with Gasteiger partial charge in [0.1, 0.15) is 11.6 Å². The Hall–Kier alpha value is -1.87. The van der Waals surface area contributed by atoms with E-state index in [4.69, 9.17) is 4.74 Å². The number of rotatable bonds is 5. The van der Waals surface area contributed by atoms with Gasteiger partial charge < -0.3 is 10.1 Å². The Morgan fingerprint density at radius 1 is 1.16 bits per heavy atom. The van der Waals surface area contributed by atoms with Crippen LogP contribution in [-0.2, 0) is 6.54 Å². The number of methoxy groups -OCH3 is 1. The van der Waals surface area contributed by atoms with Crippen molar-refractivity contribution in [3.8, 4) is 5.75 Å². The topological polar surface area (TPSA) is 21.3 Å². The summed E-state index contributed by atoms with van der Waals surface area (Å²) in [7, 11) is 1.65. The van der Waals surface area contributed by atoms with Crippen LogP contribution in [0.3, 0.4) is 0 Å². The minimum absolute atomic E-state index is 0.0990. The van der Waals surface area contributed by atoms with Gasteiger partial charge in [0.2, 0.25) is 0 Å². The molecular weight excluding hydrogens is 241 g/mol. The highest BCUT2D eigenvalue weighted by molar-refractivity contribution is 5.28. The SMILES string of the molecule is COc1cccc(CNC(C)c2cccc(F)c2)c1. The second-order valence-corrected chi connectivity index (χ2v) is 4.51. The molecule has 0 heterocycles. The van der Waals surface area contributed by atoms with Crippen LogP contribution in [0.1, 0.15) is 24.1 Å². The predicted octanol–water partition coefficient (Wildman–Crippen LogP) is 3.69. The molecule has 0 amide bonds. The van der Waals surface area contributed by atoms with Crippen molar-refractivity contribution in [1.29, 1.82) is 0 Å². The van der Waals surface area contributed by atoms with E-state index >= 15 is 0 Å². The van der Waals surface area contributed by atoms with Gasteiger partial charge in [-0.1, -0.05) is 24.3 Å². The molecule has 2 aromatic rings. The van der Waals surface area contributed by atoms with Gasteiger partial charge in [-0.3, -0.25) is 0 Å². The average Bonchev–Trinajstić information content (AvgIpc) is 2.45. The van der Waals surface area contributed by atoms with E-state index in [1.54, 1.807) is 19.2 Å². The van der Waals surface area contributed by atoms with Gasteiger partial charge in [0, 0.05) is 12.6 Å². The Kier molecular flexibility index (Phi) is 4.53. The highest BCUT2D eigenvalue weighted by Gasteiger charge is 2.06. The molecule has 0 aliphatic heterocycles. The smallest absolute Gasteiger partial charge is 0.123 e. The Morgan fingerprint density at radius 3 is 2.68 bits per heavy atom. The molecule has 1 unspecified atom stereocenters. The molecule has 1 atom stereocenters. The van der Waals surface area contributed by atoms with Crippen molar-refractivity contribution in [3.63, 3.8) is 0 Å². The van der Waals surface area contributed by atoms with E-state index in [1.807, 2.05) is 37.3 Å². The fourth-order valence-electron chi connectivity index (χ4n) is 1.95. The maximum Gasteiger partial charge on any atom is 0.123 e. The van der Waals surface area contributed by atoms with E-state index in [-0.39, 0.29) is 11.9 Å². The van der Waals surface area contributed by atoms with E-state index in [1.165, 1.54) is 6.07 Å². The zero-order chi connectivity index (χ0) is 13.7. The molecule has 100 valence electrons. The van der Waals surface area contributed by atoms with Crippen LogP contribution in [-0.4, -0.2) is 7.11 Å². The van der Waals surface area contributed by atoms with Crippen molar-refractivity contribution >= 4 is 0 Å². The lowest BCUT2D eigenvalue weighted by atomic mass is 10.1. The summed E-state index contributed by atoms with van der Waals surface area (Å²) >= 11 is 0. The molecule has 1 N–H and O–H groups in total. The molecule has 2 aromatic carbocycles. The van der Waals surface area contributed by atoms with E-state index in [0.29, 0.717) is 0 Å². The van der Waals surface area contributed by atoms with Crippen LogP contribution < -0.4 is 10.1 Å². The lowest BCUT2D eigenvalue weighted by Crippen LogP contribution is -2.18. The van der Waals surface area contributed by atoms with E-state index in [9.17, 15) is 4.39 Å². The summed E-state index contributed by atoms with van der Waals surface area (Å²) in [5.41, 5.74) is 2.09. The van der Waals surface area contributed by atoms with Crippen LogP contribution in [0.15, 0.2) is 48.5 Å². The first kappa shape index (κ1) is 13.6. The molecule has 0 aliphatic carbocycles. The monoisotopic (exact) mass is 259 g/mol. The largest absolute Gasteiger partial charge is 0.497 e. The number of benzene rings is 2. The van der Waals surface area contributed by atoms with Crippen LogP contribution in [0.25, 0.3) is 0 Å². The predicted molar refractivity (Wildman–Crippen MR) is 74.6 cm³/mol. The zero-order valence-electron chi connectivity index (χ0n) is 11.2. The Balaban J connectivity index is 1.98. The van der Waals surface area contributed by atoms with Crippen molar-refractivity contribution < 1.29 is 9.13 Å². The van der Waals surface area contributed by atoms with E-state index < -0.39 is 0 Å². The lowest BCUT2D eigenvalue weighted by molar-refractivity contribution is 0.414. The van der Waals surface area contributed by atoms with Gasteiger partial charge in [-0.15, -0.1) is 0 Å². The number of nitrogens with one attached hydrogen (secondary N) is 1. The number of hydrogen-bond acceptors (Lipinski definition) is 2. The maximum absolute atomic E-state index is 13.1. The van der Waals surface area contributed by atoms with Crippen LogP contribution in [0.2, 0.25) is 0 Å². The molecule has 0 bridgehead atoms. The molecule has 0 saturated heterocycles. The first-order chi connectivity index (χ1) is 9.19. The summed E-state index contributed by atoms with van der Waals surface area (Å²) in [6.45, 7) is 2.74. The standard InChI is InChI=1S/C16H18FNO/c1-12(14-6-4-7-15(17)10-14)18-11-13-5-3-8-16(9-13)19-2/h3-10,12,18H,11H2,1-2H3. The third-order valence-corrected chi connectivity index (χ3v) is 3.10. The zero-order valence-corrected chi connectivity index (χ0v) is 11.2. The summed E-state index contributed by atoms with van der Waals surface area (Å²) in [5.74, 6) is 0.644. The van der Waals surface area contributed by atoms with Crippen LogP contribution >= 0.6 is 0 Å². The first-order valence-electron chi connectivity index (χ1n) is 6.31. The van der Waals surface area contributed by atoms with Gasteiger partial charge in [-0.25, -0.2) is 4.39 Å². The quantitative estimate of drug-likeness (QED) is 0.884. The highest BCUT2D eigenvalue weighted by atomic mass is 19.1. The maximum atomic E-state index is 13.1. The Labute approximate surface area is 113 Å². The number of ether oxygens (including phenoxy) is 1. The molecule has 2 nitrogen and oxygen atoms in total. The van der Waals surface area contributed by atoms with E-state index in [2.05, 4.69) is 5.32 Å². The van der Waals surface area contributed by atoms with E-state index in [0.717, 1.165) is 23.4 Å². The minimum Gasteiger partial charge on any atom is -0.497 e. The fraction of sp³-hybridized carbons (Fsp3) is 0.250. The third-order valence-electron chi connectivity index (χ3n) is 3.10. The van der Waals surface area contributed by atoms with Gasteiger partial charge in [-0.2, -0.15) is 0 Å². The van der Waals surface area contributed by atoms with Crippen LogP contribution in [0, 0.1) is 5.82 Å². The summed E-state index contributed by atoms with van der Waals surface area (Å²) < 4.78 is 18.3. The van der Waals surface area contributed by atoms with Crippen molar-refractivity contribution in [2.45, 2.75) is 19.5 Å². The van der Waals surface area contributed by atoms with Crippen molar-refractivity contribution in [2.75, 3.05) is 7.11 Å². The second kappa shape index (κ2) is 6.34. The molecule has 19 heavy (non-hydrogen) atoms. The molecule has 2 rings (SSSR count). The van der Waals surface area contributed by atoms with Gasteiger partial charge >= 0.3 is 0 Å². The molecule has 0 aromatic heterocycles. The summed E-state index contributed by atoms with van der Waals surface area (Å²) in [5, 5.41) is 3.37. The van der Waals surface area contributed by atoms with Crippen molar-refractivity contribution in [2.24, 2.45) is 0 Å². The third kappa shape index (κ3) is 3.80. The lowest BCUT2D eigenvalue weighted by Gasteiger charge is -2.14. The number of hydrogen-bond donors (Lipinski definition) is 1. The highest BCUT2D eigenvalue weighted by Crippen LogP contribution is 2.16. The molecule has 3 heteroatoms. The molecule has 0 spiro atoms. The van der Waals surface area contributed by atoms with Crippen molar-refractivity contribution in [1.82, 2.24) is 5.32 Å². The Morgan fingerprint density at radius 2 is 1.95 bits per heavy atom.